The number of hydrogen-bond acceptors (Lipinski definition) is 2. The summed E-state index contributed by atoms with van der Waals surface area (Å²) in [6.45, 7) is 2.13. The van der Waals surface area contributed by atoms with E-state index in [1.54, 1.807) is 7.11 Å². The molecule has 0 bridgehead atoms. The average molecular weight is 276 g/mol. The number of methoxy groups -OCH3 is 1. The minimum absolute atomic E-state index is 0.165. The Morgan fingerprint density at radius 1 is 1.21 bits per heavy atom. The molecular formula is C16H18ClNO. The van der Waals surface area contributed by atoms with Crippen molar-refractivity contribution in [2.24, 2.45) is 5.73 Å². The first-order valence-corrected chi connectivity index (χ1v) is 6.72. The molecule has 0 radical (unpaired) electrons. The highest BCUT2D eigenvalue weighted by atomic mass is 35.5. The van der Waals surface area contributed by atoms with E-state index in [0.717, 1.165) is 17.5 Å². The molecule has 0 aliphatic rings. The second-order valence-corrected chi connectivity index (χ2v) is 4.83. The summed E-state index contributed by atoms with van der Waals surface area (Å²) in [5, 5.41) is 0.599. The van der Waals surface area contributed by atoms with Gasteiger partial charge in [-0.15, -0.1) is 0 Å². The molecule has 0 aliphatic carbocycles. The zero-order chi connectivity index (χ0) is 13.8. The summed E-state index contributed by atoms with van der Waals surface area (Å²) in [5.74, 6) is 0.656. The maximum Gasteiger partial charge on any atom is 0.137 e. The van der Waals surface area contributed by atoms with Crippen LogP contribution in [0.2, 0.25) is 5.02 Å². The van der Waals surface area contributed by atoms with Crippen LogP contribution in [0.4, 0.5) is 0 Å². The molecule has 2 N–H and O–H groups in total. The Hall–Kier alpha value is -1.51. The Balaban J connectivity index is 2.41. The monoisotopic (exact) mass is 275 g/mol. The van der Waals surface area contributed by atoms with E-state index in [0.29, 0.717) is 10.8 Å². The van der Waals surface area contributed by atoms with Gasteiger partial charge in [0.2, 0.25) is 0 Å². The number of aryl methyl sites for hydroxylation is 1. The van der Waals surface area contributed by atoms with Gasteiger partial charge in [0.15, 0.2) is 0 Å². The van der Waals surface area contributed by atoms with Gasteiger partial charge < -0.3 is 10.5 Å². The Morgan fingerprint density at radius 2 is 1.95 bits per heavy atom. The molecule has 0 saturated heterocycles. The quantitative estimate of drug-likeness (QED) is 0.917. The van der Waals surface area contributed by atoms with Gasteiger partial charge in [-0.25, -0.2) is 0 Å². The number of rotatable bonds is 4. The standard InChI is InChI=1S/C16H18ClNO/c1-3-11-6-4-5-7-13(11)16(18)12-8-9-14(17)15(10-12)19-2/h4-10,16H,3,18H2,1-2H3. The molecule has 2 aromatic rings. The maximum absolute atomic E-state index is 6.37. The van der Waals surface area contributed by atoms with E-state index in [2.05, 4.69) is 19.1 Å². The van der Waals surface area contributed by atoms with Crippen molar-refractivity contribution in [2.75, 3.05) is 7.11 Å². The van der Waals surface area contributed by atoms with Crippen molar-refractivity contribution in [1.29, 1.82) is 0 Å². The molecule has 3 heteroatoms. The van der Waals surface area contributed by atoms with Gasteiger partial charge in [0.05, 0.1) is 18.2 Å². The van der Waals surface area contributed by atoms with Crippen molar-refractivity contribution in [3.8, 4) is 5.75 Å². The molecule has 0 aromatic heterocycles. The first-order valence-electron chi connectivity index (χ1n) is 6.34. The molecule has 0 saturated carbocycles. The molecule has 1 unspecified atom stereocenters. The van der Waals surface area contributed by atoms with E-state index in [9.17, 15) is 0 Å². The molecule has 0 heterocycles. The topological polar surface area (TPSA) is 35.2 Å². The lowest BCUT2D eigenvalue weighted by Crippen LogP contribution is -2.14. The van der Waals surface area contributed by atoms with E-state index in [1.807, 2.05) is 30.3 Å². The summed E-state index contributed by atoms with van der Waals surface area (Å²) in [4.78, 5) is 0. The summed E-state index contributed by atoms with van der Waals surface area (Å²) < 4.78 is 5.24. The summed E-state index contributed by atoms with van der Waals surface area (Å²) in [6, 6.07) is 13.7. The Kier molecular flexibility index (Phi) is 4.46. The van der Waals surface area contributed by atoms with E-state index < -0.39 is 0 Å². The molecular weight excluding hydrogens is 258 g/mol. The number of halogens is 1. The third-order valence-electron chi connectivity index (χ3n) is 3.31. The number of nitrogens with two attached hydrogens (primary N) is 1. The van der Waals surface area contributed by atoms with Crippen molar-refractivity contribution in [3.05, 3.63) is 64.2 Å². The van der Waals surface area contributed by atoms with Gasteiger partial charge in [-0.1, -0.05) is 48.9 Å². The SMILES string of the molecule is CCc1ccccc1C(N)c1ccc(Cl)c(OC)c1. The lowest BCUT2D eigenvalue weighted by atomic mass is 9.94. The fourth-order valence-electron chi connectivity index (χ4n) is 2.21. The summed E-state index contributed by atoms with van der Waals surface area (Å²) in [6.07, 6.45) is 0.967. The van der Waals surface area contributed by atoms with Crippen LogP contribution in [0.3, 0.4) is 0 Å². The Morgan fingerprint density at radius 3 is 2.63 bits per heavy atom. The van der Waals surface area contributed by atoms with Crippen LogP contribution in [0.25, 0.3) is 0 Å². The number of benzene rings is 2. The minimum atomic E-state index is -0.165. The highest BCUT2D eigenvalue weighted by Crippen LogP contribution is 2.30. The first-order chi connectivity index (χ1) is 9.17. The highest BCUT2D eigenvalue weighted by Gasteiger charge is 2.13. The minimum Gasteiger partial charge on any atom is -0.495 e. The zero-order valence-electron chi connectivity index (χ0n) is 11.2. The van der Waals surface area contributed by atoms with E-state index in [4.69, 9.17) is 22.1 Å². The van der Waals surface area contributed by atoms with Crippen LogP contribution >= 0.6 is 11.6 Å². The Labute approximate surface area is 119 Å². The first kappa shape index (κ1) is 13.9. The fraction of sp³-hybridized carbons (Fsp3) is 0.250. The lowest BCUT2D eigenvalue weighted by Gasteiger charge is -2.17. The predicted molar refractivity (Wildman–Crippen MR) is 79.9 cm³/mol. The molecule has 0 spiro atoms. The van der Waals surface area contributed by atoms with Crippen LogP contribution in [-0.4, -0.2) is 7.11 Å². The summed E-state index contributed by atoms with van der Waals surface area (Å²) in [7, 11) is 1.61. The fourth-order valence-corrected chi connectivity index (χ4v) is 2.40. The Bertz CT molecular complexity index is 568. The molecule has 100 valence electrons. The second kappa shape index (κ2) is 6.09. The largest absolute Gasteiger partial charge is 0.495 e. The van der Waals surface area contributed by atoms with Crippen molar-refractivity contribution in [1.82, 2.24) is 0 Å². The maximum atomic E-state index is 6.37. The molecule has 0 aliphatic heterocycles. The average Bonchev–Trinajstić information content (AvgIpc) is 2.47. The van der Waals surface area contributed by atoms with Gasteiger partial charge in [0, 0.05) is 0 Å². The van der Waals surface area contributed by atoms with E-state index in [-0.39, 0.29) is 6.04 Å². The lowest BCUT2D eigenvalue weighted by molar-refractivity contribution is 0.414. The summed E-state index contributed by atoms with van der Waals surface area (Å²) >= 11 is 6.04. The smallest absolute Gasteiger partial charge is 0.137 e. The van der Waals surface area contributed by atoms with E-state index in [1.165, 1.54) is 5.56 Å². The zero-order valence-corrected chi connectivity index (χ0v) is 11.9. The molecule has 19 heavy (non-hydrogen) atoms. The summed E-state index contributed by atoms with van der Waals surface area (Å²) in [5.41, 5.74) is 9.78. The normalized spacial score (nSPS) is 12.2. The van der Waals surface area contributed by atoms with Crippen molar-refractivity contribution < 1.29 is 4.74 Å². The van der Waals surface area contributed by atoms with Gasteiger partial charge in [0.25, 0.3) is 0 Å². The van der Waals surface area contributed by atoms with Crippen LogP contribution in [0.1, 0.15) is 29.7 Å². The molecule has 2 aromatic carbocycles. The third-order valence-corrected chi connectivity index (χ3v) is 3.62. The molecule has 1 atom stereocenters. The second-order valence-electron chi connectivity index (χ2n) is 4.42. The van der Waals surface area contributed by atoms with Crippen LogP contribution in [-0.2, 0) is 6.42 Å². The predicted octanol–water partition coefficient (Wildman–Crippen LogP) is 3.96. The molecule has 2 rings (SSSR count). The molecule has 0 amide bonds. The van der Waals surface area contributed by atoms with Gasteiger partial charge in [-0.3, -0.25) is 0 Å². The van der Waals surface area contributed by atoms with Crippen LogP contribution in [0.5, 0.6) is 5.75 Å². The van der Waals surface area contributed by atoms with Gasteiger partial charge in [0.1, 0.15) is 5.75 Å². The molecule has 0 fully saturated rings. The van der Waals surface area contributed by atoms with Gasteiger partial charge >= 0.3 is 0 Å². The number of ether oxygens (including phenoxy) is 1. The third kappa shape index (κ3) is 2.91. The highest BCUT2D eigenvalue weighted by molar-refractivity contribution is 6.32. The van der Waals surface area contributed by atoms with Crippen molar-refractivity contribution >= 4 is 11.6 Å². The van der Waals surface area contributed by atoms with Crippen LogP contribution in [0.15, 0.2) is 42.5 Å². The number of hydrogen-bond donors (Lipinski definition) is 1. The van der Waals surface area contributed by atoms with Gasteiger partial charge in [-0.2, -0.15) is 0 Å². The molecule has 2 nitrogen and oxygen atoms in total. The van der Waals surface area contributed by atoms with Gasteiger partial charge in [-0.05, 0) is 35.2 Å². The van der Waals surface area contributed by atoms with Crippen LogP contribution in [0, 0.1) is 0 Å². The van der Waals surface area contributed by atoms with Crippen molar-refractivity contribution in [3.63, 3.8) is 0 Å². The van der Waals surface area contributed by atoms with Crippen molar-refractivity contribution in [2.45, 2.75) is 19.4 Å². The van der Waals surface area contributed by atoms with Crippen LogP contribution < -0.4 is 10.5 Å². The van der Waals surface area contributed by atoms with E-state index >= 15 is 0 Å².